The first-order valence-electron chi connectivity index (χ1n) is 20.5. The molecule has 0 aliphatic rings. The van der Waals surface area contributed by atoms with Gasteiger partial charge in [0.25, 0.3) is 0 Å². The third kappa shape index (κ3) is 6.36. The van der Waals surface area contributed by atoms with Crippen molar-refractivity contribution in [2.45, 2.75) is 24.2 Å². The summed E-state index contributed by atoms with van der Waals surface area (Å²) < 4.78 is 0. The molecule has 11 rings (SSSR count). The molecule has 5 aromatic heterocycles. The van der Waals surface area contributed by atoms with Crippen molar-refractivity contribution in [3.8, 4) is 28.7 Å². The van der Waals surface area contributed by atoms with Gasteiger partial charge in [-0.25, -0.2) is 0 Å². The van der Waals surface area contributed by atoms with E-state index in [1.54, 1.807) is 54.6 Å². The Morgan fingerprint density at radius 2 is 0.694 bits per heavy atom. The van der Waals surface area contributed by atoms with Crippen molar-refractivity contribution < 1.29 is 25.5 Å². The summed E-state index contributed by atoms with van der Waals surface area (Å²) in [4.78, 5) is 17.1. The first kappa shape index (κ1) is 36.8. The van der Waals surface area contributed by atoms with Crippen molar-refractivity contribution in [1.29, 1.82) is 0 Å². The van der Waals surface area contributed by atoms with Gasteiger partial charge in [-0.3, -0.25) is 0 Å². The fraction of sp³-hybridized carbons (Fsp3) is 0.0769. The molecule has 0 aliphatic heterocycles. The lowest BCUT2D eigenvalue weighted by molar-refractivity contribution is 0.475. The fourth-order valence-corrected chi connectivity index (χ4v) is 9.55. The average molecular weight is 816 g/mol. The molecule has 1 atom stereocenters. The summed E-state index contributed by atoms with van der Waals surface area (Å²) in [5.74, 6) is 0.270. The van der Waals surface area contributed by atoms with Gasteiger partial charge in [-0.2, -0.15) is 0 Å². The topological polar surface area (TPSA) is 180 Å². The van der Waals surface area contributed by atoms with Gasteiger partial charge in [0.1, 0.15) is 28.7 Å². The van der Waals surface area contributed by atoms with Crippen LogP contribution < -0.4 is 0 Å². The Kier molecular flexibility index (Phi) is 8.60. The smallest absolute Gasteiger partial charge is 0.116 e. The maximum Gasteiger partial charge on any atom is 0.116 e. The molecule has 0 amide bonds. The van der Waals surface area contributed by atoms with E-state index < -0.39 is 0 Å². The minimum atomic E-state index is -0.237. The predicted molar refractivity (Wildman–Crippen MR) is 245 cm³/mol. The van der Waals surface area contributed by atoms with E-state index in [0.717, 1.165) is 93.5 Å². The summed E-state index contributed by atoms with van der Waals surface area (Å²) in [6, 6.07) is 35.3. The lowest BCUT2D eigenvalue weighted by Crippen LogP contribution is -2.09. The van der Waals surface area contributed by atoms with E-state index in [-0.39, 0.29) is 46.5 Å². The molecular formula is C52H41N5O5. The highest BCUT2D eigenvalue weighted by Crippen LogP contribution is 2.46. The van der Waals surface area contributed by atoms with Crippen LogP contribution in [0.1, 0.15) is 63.1 Å². The van der Waals surface area contributed by atoms with E-state index in [1.807, 2.05) is 67.4 Å². The predicted octanol–water partition coefficient (Wildman–Crippen LogP) is 11.8. The molecule has 0 saturated carbocycles. The van der Waals surface area contributed by atoms with E-state index >= 15 is 0 Å². The summed E-state index contributed by atoms with van der Waals surface area (Å²) in [7, 11) is 0. The van der Waals surface area contributed by atoms with Crippen molar-refractivity contribution in [3.05, 3.63) is 191 Å². The molecule has 0 aliphatic carbocycles. The van der Waals surface area contributed by atoms with Gasteiger partial charge in [-0.05, 0) is 136 Å². The number of fused-ring (bicyclic) bond motifs is 5. The highest BCUT2D eigenvalue weighted by Gasteiger charge is 2.29. The highest BCUT2D eigenvalue weighted by molar-refractivity contribution is 5.92. The number of aromatic hydroxyl groups is 5. The van der Waals surface area contributed by atoms with Crippen LogP contribution in [0, 0.1) is 0 Å². The van der Waals surface area contributed by atoms with Gasteiger partial charge < -0.3 is 50.5 Å². The standard InChI is InChI=1S/C52H41N5O5/c58-30-6-12-48-38(17-30)43(23-53-48)35(44-24-54-49-13-7-31(59)18-39(44)49)11-3-28-1-4-29(5-2-28)36(45-25-55-50-14-8-32(60)19-40(45)50)22-37(46-26-56-51-15-9-33(61)20-41(46)51)47-27-57-52-16-10-34(62)21-42(47)52/h1-21,23-27,35-37,53-62H,22H2/b11-3+. The van der Waals surface area contributed by atoms with Crippen molar-refractivity contribution in [1.82, 2.24) is 24.9 Å². The largest absolute Gasteiger partial charge is 0.508 e. The fourth-order valence-electron chi connectivity index (χ4n) is 9.55. The third-order valence-corrected chi connectivity index (χ3v) is 12.6. The Hall–Kier alpha value is -8.24. The number of phenols is 5. The zero-order valence-electron chi connectivity index (χ0n) is 33.2. The van der Waals surface area contributed by atoms with Crippen LogP contribution in [-0.4, -0.2) is 50.5 Å². The minimum Gasteiger partial charge on any atom is -0.508 e. The normalized spacial score (nSPS) is 12.7. The maximum absolute atomic E-state index is 10.7. The molecule has 1 unspecified atom stereocenters. The summed E-state index contributed by atoms with van der Waals surface area (Å²) in [5.41, 5.74) is 11.6. The second-order valence-electron chi connectivity index (χ2n) is 16.2. The summed E-state index contributed by atoms with van der Waals surface area (Å²) >= 11 is 0. The Balaban J connectivity index is 1.03. The van der Waals surface area contributed by atoms with E-state index in [4.69, 9.17) is 0 Å². The molecule has 11 aromatic rings. The number of hydrogen-bond acceptors (Lipinski definition) is 5. The molecule has 10 nitrogen and oxygen atoms in total. The van der Waals surface area contributed by atoms with E-state index in [0.29, 0.717) is 6.42 Å². The molecule has 0 fully saturated rings. The summed E-state index contributed by atoms with van der Waals surface area (Å²) in [5, 5.41) is 57.6. The monoisotopic (exact) mass is 815 g/mol. The van der Waals surface area contributed by atoms with Crippen molar-refractivity contribution in [2.24, 2.45) is 0 Å². The number of benzene rings is 6. The van der Waals surface area contributed by atoms with Crippen LogP contribution in [0.4, 0.5) is 0 Å². The number of rotatable bonds is 10. The molecule has 304 valence electrons. The van der Waals surface area contributed by atoms with Gasteiger partial charge >= 0.3 is 0 Å². The van der Waals surface area contributed by atoms with Crippen LogP contribution >= 0.6 is 0 Å². The number of hydrogen-bond donors (Lipinski definition) is 10. The average Bonchev–Trinajstić information content (AvgIpc) is 4.13. The molecule has 0 radical (unpaired) electrons. The molecule has 6 aromatic carbocycles. The van der Waals surface area contributed by atoms with Crippen molar-refractivity contribution >= 4 is 60.6 Å². The zero-order valence-corrected chi connectivity index (χ0v) is 33.2. The van der Waals surface area contributed by atoms with Gasteiger partial charge in [-0.1, -0.05) is 36.4 Å². The molecule has 10 N–H and O–H groups in total. The summed E-state index contributed by atoms with van der Waals surface area (Å²) in [6.45, 7) is 0. The van der Waals surface area contributed by atoms with Crippen LogP contribution in [0.15, 0.2) is 152 Å². The van der Waals surface area contributed by atoms with Crippen LogP contribution in [0.3, 0.4) is 0 Å². The van der Waals surface area contributed by atoms with Gasteiger partial charge in [0.2, 0.25) is 0 Å². The van der Waals surface area contributed by atoms with Gasteiger partial charge in [-0.15, -0.1) is 0 Å². The van der Waals surface area contributed by atoms with Gasteiger partial charge in [0.15, 0.2) is 0 Å². The van der Waals surface area contributed by atoms with Crippen molar-refractivity contribution in [3.63, 3.8) is 0 Å². The Bertz CT molecular complexity index is 3330. The molecule has 62 heavy (non-hydrogen) atoms. The zero-order chi connectivity index (χ0) is 42.1. The number of aromatic nitrogens is 5. The Labute approximate surface area is 354 Å². The molecule has 0 saturated heterocycles. The lowest BCUT2D eigenvalue weighted by Gasteiger charge is -2.25. The molecule has 10 heteroatoms. The second-order valence-corrected chi connectivity index (χ2v) is 16.2. The number of allylic oxidation sites excluding steroid dienone is 1. The second kappa shape index (κ2) is 14.5. The maximum atomic E-state index is 10.7. The molecule has 5 heterocycles. The number of H-pyrrole nitrogens is 5. The molecule has 0 spiro atoms. The van der Waals surface area contributed by atoms with Crippen LogP contribution in [-0.2, 0) is 0 Å². The van der Waals surface area contributed by atoms with E-state index in [9.17, 15) is 25.5 Å². The Morgan fingerprint density at radius 3 is 1.06 bits per heavy atom. The van der Waals surface area contributed by atoms with Gasteiger partial charge in [0.05, 0.1) is 0 Å². The lowest BCUT2D eigenvalue weighted by atomic mass is 9.78. The third-order valence-electron chi connectivity index (χ3n) is 12.6. The van der Waals surface area contributed by atoms with Gasteiger partial charge in [0, 0.05) is 103 Å². The Morgan fingerprint density at radius 1 is 0.371 bits per heavy atom. The van der Waals surface area contributed by atoms with Crippen LogP contribution in [0.2, 0.25) is 0 Å². The van der Waals surface area contributed by atoms with Crippen LogP contribution in [0.5, 0.6) is 28.7 Å². The first-order valence-corrected chi connectivity index (χ1v) is 20.5. The van der Waals surface area contributed by atoms with E-state index in [1.165, 1.54) is 0 Å². The summed E-state index contributed by atoms with van der Waals surface area (Å²) in [6.07, 6.45) is 14.9. The SMILES string of the molecule is Oc1ccc2[nH]cc(C(/C=C/c3ccc(C(CC(c4c[nH]c5ccc(O)cc45)c4c[nH]c5ccc(O)cc45)c4c[nH]c5ccc(O)cc45)cc3)c3c[nH]c4ccc(O)cc34)c2c1. The number of nitrogens with one attached hydrogen (secondary N) is 5. The quantitative estimate of drug-likeness (QED) is 0.0659. The first-order chi connectivity index (χ1) is 30.2. The minimum absolute atomic E-state index is 0.175. The van der Waals surface area contributed by atoms with Crippen LogP contribution in [0.25, 0.3) is 60.6 Å². The molecule has 0 bridgehead atoms. The van der Waals surface area contributed by atoms with E-state index in [2.05, 4.69) is 61.3 Å². The number of aromatic amines is 5. The molecular weight excluding hydrogens is 775 g/mol. The highest BCUT2D eigenvalue weighted by atomic mass is 16.3. The van der Waals surface area contributed by atoms with Crippen molar-refractivity contribution in [2.75, 3.05) is 0 Å². The number of phenolic OH excluding ortho intramolecular Hbond substituents is 5.